The minimum atomic E-state index is -0.229. The van der Waals surface area contributed by atoms with E-state index in [2.05, 4.69) is 34.2 Å². The second-order valence-corrected chi connectivity index (χ2v) is 3.64. The molecule has 1 rings (SSSR count). The third kappa shape index (κ3) is 1.95. The maximum atomic E-state index is 5.72. The first-order valence-corrected chi connectivity index (χ1v) is 4.52. The quantitative estimate of drug-likeness (QED) is 0.634. The van der Waals surface area contributed by atoms with Gasteiger partial charge in [0.2, 0.25) is 0 Å². The van der Waals surface area contributed by atoms with E-state index in [1.165, 1.54) is 0 Å². The van der Waals surface area contributed by atoms with Crippen molar-refractivity contribution >= 4 is 28.4 Å². The lowest BCUT2D eigenvalue weighted by Gasteiger charge is -2.08. The molecule has 0 spiro atoms. The van der Waals surface area contributed by atoms with E-state index >= 15 is 0 Å². The van der Waals surface area contributed by atoms with Crippen LogP contribution >= 0.6 is 22.6 Å². The highest BCUT2D eigenvalue weighted by atomic mass is 127. The summed E-state index contributed by atoms with van der Waals surface area (Å²) in [6, 6.07) is 1.68. The Morgan fingerprint density at radius 2 is 2.33 bits per heavy atom. The molecule has 3 nitrogen and oxygen atoms in total. The second-order valence-electron chi connectivity index (χ2n) is 2.39. The highest BCUT2D eigenvalue weighted by molar-refractivity contribution is 14.1. The van der Waals surface area contributed by atoms with Crippen molar-refractivity contribution in [3.63, 3.8) is 0 Å². The van der Waals surface area contributed by atoms with E-state index in [-0.39, 0.29) is 6.04 Å². The molecule has 4 N–H and O–H groups in total. The topological polar surface area (TPSA) is 64.9 Å². The van der Waals surface area contributed by atoms with Crippen LogP contribution in [0.3, 0.4) is 0 Å². The van der Waals surface area contributed by atoms with Gasteiger partial charge < -0.3 is 11.5 Å². The molecule has 0 saturated heterocycles. The van der Waals surface area contributed by atoms with E-state index in [9.17, 15) is 0 Å². The zero-order chi connectivity index (χ0) is 9.14. The van der Waals surface area contributed by atoms with Crippen molar-refractivity contribution in [2.24, 2.45) is 5.73 Å². The Balaban J connectivity index is 3.12. The summed E-state index contributed by atoms with van der Waals surface area (Å²) < 4.78 is 1.02. The van der Waals surface area contributed by atoms with Gasteiger partial charge in [0.15, 0.2) is 0 Å². The lowest BCUT2D eigenvalue weighted by molar-refractivity contribution is 0.907. The first-order chi connectivity index (χ1) is 5.65. The molecule has 1 heterocycles. The van der Waals surface area contributed by atoms with Crippen molar-refractivity contribution in [2.45, 2.75) is 6.04 Å². The third-order valence-electron chi connectivity index (χ3n) is 1.53. The first kappa shape index (κ1) is 9.47. The summed E-state index contributed by atoms with van der Waals surface area (Å²) in [6.45, 7) is 3.60. The van der Waals surface area contributed by atoms with E-state index < -0.39 is 0 Å². The smallest absolute Gasteiger partial charge is 0.128 e. The molecule has 0 aliphatic heterocycles. The number of pyridine rings is 1. The van der Waals surface area contributed by atoms with Gasteiger partial charge in [-0.3, -0.25) is 0 Å². The van der Waals surface area contributed by atoms with Crippen LogP contribution in [0.15, 0.2) is 24.9 Å². The van der Waals surface area contributed by atoms with Gasteiger partial charge in [-0.25, -0.2) is 4.98 Å². The summed E-state index contributed by atoms with van der Waals surface area (Å²) in [5.41, 5.74) is 12.2. The van der Waals surface area contributed by atoms with Crippen LogP contribution in [0.4, 0.5) is 5.82 Å². The van der Waals surface area contributed by atoms with Crippen molar-refractivity contribution in [2.75, 3.05) is 5.73 Å². The number of nitrogens with two attached hydrogens (primary N) is 2. The maximum Gasteiger partial charge on any atom is 0.128 e. The van der Waals surface area contributed by atoms with Gasteiger partial charge in [-0.2, -0.15) is 0 Å². The number of halogens is 1. The lowest BCUT2D eigenvalue weighted by Crippen LogP contribution is -2.10. The summed E-state index contributed by atoms with van der Waals surface area (Å²) in [6.07, 6.45) is 3.35. The van der Waals surface area contributed by atoms with E-state index in [1.54, 1.807) is 12.3 Å². The number of rotatable bonds is 2. The number of nitrogens with zero attached hydrogens (tertiary/aromatic N) is 1. The molecular weight excluding hydrogens is 265 g/mol. The average molecular weight is 275 g/mol. The van der Waals surface area contributed by atoms with Crippen LogP contribution in [0.2, 0.25) is 0 Å². The zero-order valence-corrected chi connectivity index (χ0v) is 8.65. The summed E-state index contributed by atoms with van der Waals surface area (Å²) in [4.78, 5) is 3.99. The van der Waals surface area contributed by atoms with E-state index in [0.717, 1.165) is 9.13 Å². The molecule has 0 aliphatic rings. The van der Waals surface area contributed by atoms with Crippen LogP contribution in [0.25, 0.3) is 0 Å². The van der Waals surface area contributed by atoms with Gasteiger partial charge >= 0.3 is 0 Å². The summed E-state index contributed by atoms with van der Waals surface area (Å²) in [7, 11) is 0. The van der Waals surface area contributed by atoms with Crippen molar-refractivity contribution < 1.29 is 0 Å². The third-order valence-corrected chi connectivity index (χ3v) is 2.12. The zero-order valence-electron chi connectivity index (χ0n) is 6.50. The van der Waals surface area contributed by atoms with Crippen molar-refractivity contribution in [3.8, 4) is 0 Å². The molecule has 0 fully saturated rings. The average Bonchev–Trinajstić information content (AvgIpc) is 2.08. The normalized spacial score (nSPS) is 12.5. The fraction of sp³-hybridized carbons (Fsp3) is 0.125. The molecule has 0 bridgehead atoms. The first-order valence-electron chi connectivity index (χ1n) is 3.44. The van der Waals surface area contributed by atoms with Crippen LogP contribution in [-0.4, -0.2) is 4.98 Å². The number of hydrogen-bond donors (Lipinski definition) is 2. The van der Waals surface area contributed by atoms with Gasteiger partial charge in [0.1, 0.15) is 5.82 Å². The predicted octanol–water partition coefficient (Wildman–Crippen LogP) is 1.45. The van der Waals surface area contributed by atoms with Crippen molar-refractivity contribution in [1.29, 1.82) is 0 Å². The van der Waals surface area contributed by atoms with Gasteiger partial charge in [-0.05, 0) is 28.7 Å². The number of aromatic nitrogens is 1. The Labute approximate surface area is 85.0 Å². The summed E-state index contributed by atoms with van der Waals surface area (Å²) in [5, 5.41) is 0. The molecule has 0 aromatic carbocycles. The second kappa shape index (κ2) is 3.86. The van der Waals surface area contributed by atoms with Crippen LogP contribution in [0.1, 0.15) is 11.6 Å². The fourth-order valence-corrected chi connectivity index (χ4v) is 1.33. The monoisotopic (exact) mass is 275 g/mol. The maximum absolute atomic E-state index is 5.72. The Morgan fingerprint density at radius 3 is 2.92 bits per heavy atom. The van der Waals surface area contributed by atoms with Gasteiger partial charge in [0.05, 0.1) is 6.04 Å². The van der Waals surface area contributed by atoms with Crippen LogP contribution in [-0.2, 0) is 0 Å². The molecule has 12 heavy (non-hydrogen) atoms. The Bertz CT molecular complexity index is 298. The molecule has 0 aliphatic carbocycles. The van der Waals surface area contributed by atoms with Gasteiger partial charge in [-0.15, -0.1) is 6.58 Å². The Hall–Kier alpha value is -0.620. The SMILES string of the molecule is C=C[C@H](N)c1cc(I)cnc1N. The minimum Gasteiger partial charge on any atom is -0.383 e. The lowest BCUT2D eigenvalue weighted by atomic mass is 10.1. The van der Waals surface area contributed by atoms with Crippen molar-refractivity contribution in [1.82, 2.24) is 4.98 Å². The largest absolute Gasteiger partial charge is 0.383 e. The molecule has 1 aromatic heterocycles. The van der Waals surface area contributed by atoms with E-state index in [4.69, 9.17) is 11.5 Å². The highest BCUT2D eigenvalue weighted by Crippen LogP contribution is 2.19. The van der Waals surface area contributed by atoms with Crippen LogP contribution in [0.5, 0.6) is 0 Å². The molecule has 1 aromatic rings. The number of anilines is 1. The molecule has 0 saturated carbocycles. The van der Waals surface area contributed by atoms with Gasteiger partial charge in [-0.1, -0.05) is 6.08 Å². The van der Waals surface area contributed by atoms with Gasteiger partial charge in [0, 0.05) is 15.3 Å². The minimum absolute atomic E-state index is 0.229. The summed E-state index contributed by atoms with van der Waals surface area (Å²) in [5.74, 6) is 0.475. The molecule has 0 unspecified atom stereocenters. The number of nitrogen functional groups attached to an aromatic ring is 1. The molecule has 4 heteroatoms. The summed E-state index contributed by atoms with van der Waals surface area (Å²) >= 11 is 2.16. The predicted molar refractivity (Wildman–Crippen MR) is 58.5 cm³/mol. The van der Waals surface area contributed by atoms with E-state index in [1.807, 2.05) is 6.07 Å². The van der Waals surface area contributed by atoms with Crippen molar-refractivity contribution in [3.05, 3.63) is 34.1 Å². The molecular formula is C8H10IN3. The van der Waals surface area contributed by atoms with Crippen LogP contribution in [0, 0.1) is 3.57 Å². The molecule has 0 radical (unpaired) electrons. The standard InChI is InChI=1S/C8H10IN3/c1-2-7(10)6-3-5(9)4-12-8(6)11/h2-4,7H,1,10H2,(H2,11,12)/t7-/m0/s1. The highest BCUT2D eigenvalue weighted by Gasteiger charge is 2.06. The fourth-order valence-electron chi connectivity index (χ4n) is 0.859. The molecule has 0 amide bonds. The Morgan fingerprint density at radius 1 is 1.67 bits per heavy atom. The Kier molecular flexibility index (Phi) is 3.05. The van der Waals surface area contributed by atoms with E-state index in [0.29, 0.717) is 5.82 Å². The van der Waals surface area contributed by atoms with Crippen LogP contribution < -0.4 is 11.5 Å². The van der Waals surface area contributed by atoms with Gasteiger partial charge in [0.25, 0.3) is 0 Å². The number of hydrogen-bond acceptors (Lipinski definition) is 3. The molecule has 1 atom stereocenters. The molecule has 64 valence electrons.